The highest BCUT2D eigenvalue weighted by atomic mass is 16.6. The van der Waals surface area contributed by atoms with Crippen molar-refractivity contribution < 1.29 is 23.9 Å². The average Bonchev–Trinajstić information content (AvgIpc) is 2.94. The van der Waals surface area contributed by atoms with Gasteiger partial charge in [-0.15, -0.1) is 0 Å². The summed E-state index contributed by atoms with van der Waals surface area (Å²) in [6, 6.07) is 0. The number of esters is 2. The molecule has 0 aromatic carbocycles. The lowest BCUT2D eigenvalue weighted by Gasteiger charge is -2.59. The van der Waals surface area contributed by atoms with Crippen molar-refractivity contribution in [2.45, 2.75) is 97.7 Å². The van der Waals surface area contributed by atoms with E-state index in [4.69, 9.17) is 9.47 Å². The van der Waals surface area contributed by atoms with Crippen molar-refractivity contribution in [1.29, 1.82) is 0 Å². The molecule has 3 fully saturated rings. The first kappa shape index (κ1) is 21.6. The molecule has 0 aliphatic heterocycles. The van der Waals surface area contributed by atoms with Gasteiger partial charge in [-0.3, -0.25) is 14.4 Å². The summed E-state index contributed by atoms with van der Waals surface area (Å²) < 4.78 is 11.4. The number of hydrogen-bond acceptors (Lipinski definition) is 5. The number of ether oxygens (including phenoxy) is 2. The molecule has 166 valence electrons. The average molecular weight is 417 g/mol. The molecule has 0 radical (unpaired) electrons. The summed E-state index contributed by atoms with van der Waals surface area (Å²) in [7, 11) is 0. The minimum absolute atomic E-state index is 0.00120. The van der Waals surface area contributed by atoms with Gasteiger partial charge in [-0.2, -0.15) is 0 Å². The molecule has 0 aromatic rings. The Bertz CT molecular complexity index is 799. The Balaban J connectivity index is 1.63. The van der Waals surface area contributed by atoms with Gasteiger partial charge in [0.25, 0.3) is 0 Å². The molecule has 0 saturated heterocycles. The smallest absolute Gasteiger partial charge is 0.303 e. The maximum atomic E-state index is 12.8. The molecule has 5 nitrogen and oxygen atoms in total. The van der Waals surface area contributed by atoms with Gasteiger partial charge >= 0.3 is 11.9 Å². The van der Waals surface area contributed by atoms with E-state index < -0.39 is 5.60 Å². The maximum absolute atomic E-state index is 12.8. The molecule has 0 amide bonds. The first-order valence-electron chi connectivity index (χ1n) is 11.6. The number of hydrogen-bond donors (Lipinski definition) is 0. The monoisotopic (exact) mass is 416 g/mol. The summed E-state index contributed by atoms with van der Waals surface area (Å²) in [4.78, 5) is 36.2. The van der Waals surface area contributed by atoms with Gasteiger partial charge in [-0.25, -0.2) is 0 Å². The van der Waals surface area contributed by atoms with Crippen LogP contribution in [0.5, 0.6) is 0 Å². The van der Waals surface area contributed by atoms with E-state index >= 15 is 0 Å². The fourth-order valence-corrected chi connectivity index (χ4v) is 8.02. The van der Waals surface area contributed by atoms with Crippen LogP contribution in [0.4, 0.5) is 0 Å². The summed E-state index contributed by atoms with van der Waals surface area (Å²) in [6.45, 7) is 9.11. The fraction of sp³-hybridized carbons (Fsp3) is 0.800. The Labute approximate surface area is 179 Å². The minimum atomic E-state index is -0.966. The maximum Gasteiger partial charge on any atom is 0.303 e. The molecule has 7 unspecified atom stereocenters. The van der Waals surface area contributed by atoms with E-state index in [2.05, 4.69) is 19.9 Å². The van der Waals surface area contributed by atoms with Crippen LogP contribution < -0.4 is 0 Å². The highest BCUT2D eigenvalue weighted by Gasteiger charge is 2.67. The van der Waals surface area contributed by atoms with Crippen molar-refractivity contribution in [1.82, 2.24) is 0 Å². The van der Waals surface area contributed by atoms with Gasteiger partial charge in [0.2, 0.25) is 0 Å². The molecule has 4 aliphatic carbocycles. The van der Waals surface area contributed by atoms with Crippen LogP contribution in [-0.4, -0.2) is 29.4 Å². The summed E-state index contributed by atoms with van der Waals surface area (Å²) in [5, 5.41) is 0. The van der Waals surface area contributed by atoms with Crippen molar-refractivity contribution in [2.24, 2.45) is 28.6 Å². The van der Waals surface area contributed by atoms with Crippen molar-refractivity contribution in [3.8, 4) is 0 Å². The van der Waals surface area contributed by atoms with E-state index in [9.17, 15) is 14.4 Å². The molecule has 0 N–H and O–H groups in total. The molecule has 7 atom stereocenters. The van der Waals surface area contributed by atoms with Gasteiger partial charge in [-0.1, -0.05) is 25.5 Å². The number of rotatable bonds is 3. The predicted molar refractivity (Wildman–Crippen MR) is 112 cm³/mol. The topological polar surface area (TPSA) is 69.7 Å². The Hall–Kier alpha value is -1.65. The number of Topliss-reactive ketones (excluding diaryl/α,β-unsaturated/α-hetero) is 1. The zero-order valence-corrected chi connectivity index (χ0v) is 19.1. The Morgan fingerprint density at radius 2 is 1.63 bits per heavy atom. The first-order valence-corrected chi connectivity index (χ1v) is 11.6. The van der Waals surface area contributed by atoms with E-state index in [1.54, 1.807) is 6.92 Å². The largest absolute Gasteiger partial charge is 0.462 e. The van der Waals surface area contributed by atoms with E-state index in [0.29, 0.717) is 24.2 Å². The SMILES string of the molecule is CC(=O)OC1CCC2(C)C(=CCC3C2CCC2(C)C3CCC2(OC(C)=O)C(C)=O)C1. The standard InChI is InChI=1S/C25H36O5/c1-15(26)25(30-17(3)28)13-10-22-20-7-6-18-14-19(29-16(2)27)8-11-23(18,4)21(20)9-12-24(22,25)5/h6,19-22H,7-14H2,1-5H3. The number of fused-ring (bicyclic) bond motifs is 5. The molecule has 0 spiro atoms. The van der Waals surface area contributed by atoms with Gasteiger partial charge in [0.1, 0.15) is 6.10 Å². The fourth-order valence-electron chi connectivity index (χ4n) is 8.02. The highest BCUT2D eigenvalue weighted by molar-refractivity contribution is 5.89. The number of carbonyl (C=O) groups is 3. The van der Waals surface area contributed by atoms with Crippen LogP contribution in [0.15, 0.2) is 11.6 Å². The molecule has 30 heavy (non-hydrogen) atoms. The molecule has 5 heteroatoms. The lowest BCUT2D eigenvalue weighted by Crippen LogP contribution is -2.58. The third-order valence-electron chi connectivity index (χ3n) is 9.40. The highest BCUT2D eigenvalue weighted by Crippen LogP contribution is 2.68. The van der Waals surface area contributed by atoms with Crippen LogP contribution in [0.1, 0.15) is 86.0 Å². The van der Waals surface area contributed by atoms with Gasteiger partial charge in [0.15, 0.2) is 11.4 Å². The lowest BCUT2D eigenvalue weighted by molar-refractivity contribution is -0.186. The van der Waals surface area contributed by atoms with Gasteiger partial charge in [-0.05, 0) is 75.0 Å². The van der Waals surface area contributed by atoms with Crippen molar-refractivity contribution >= 4 is 17.7 Å². The van der Waals surface area contributed by atoms with E-state index in [1.807, 2.05) is 0 Å². The number of allylic oxidation sites excluding steroid dienone is 1. The van der Waals surface area contributed by atoms with Crippen molar-refractivity contribution in [3.63, 3.8) is 0 Å². The molecular weight excluding hydrogens is 380 g/mol. The summed E-state index contributed by atoms with van der Waals surface area (Å²) in [5.74, 6) is 0.939. The zero-order chi connectivity index (χ0) is 21.9. The predicted octanol–water partition coefficient (Wildman–Crippen LogP) is 4.77. The van der Waals surface area contributed by atoms with Crippen LogP contribution in [-0.2, 0) is 23.9 Å². The Morgan fingerprint density at radius 1 is 0.933 bits per heavy atom. The first-order chi connectivity index (χ1) is 14.0. The normalized spacial score (nSPS) is 44.8. The third-order valence-corrected chi connectivity index (χ3v) is 9.40. The van der Waals surface area contributed by atoms with Gasteiger partial charge in [0.05, 0.1) is 0 Å². The van der Waals surface area contributed by atoms with Crippen LogP contribution in [0.3, 0.4) is 0 Å². The molecule has 0 bridgehead atoms. The Morgan fingerprint density at radius 3 is 2.27 bits per heavy atom. The van der Waals surface area contributed by atoms with Crippen molar-refractivity contribution in [3.05, 3.63) is 11.6 Å². The van der Waals surface area contributed by atoms with E-state index in [0.717, 1.165) is 44.9 Å². The second kappa shape index (κ2) is 7.20. The number of carbonyl (C=O) groups excluding carboxylic acids is 3. The molecule has 0 aromatic heterocycles. The minimum Gasteiger partial charge on any atom is -0.462 e. The quantitative estimate of drug-likeness (QED) is 0.489. The Kier molecular flexibility index (Phi) is 5.18. The second-order valence-electron chi connectivity index (χ2n) is 10.7. The third kappa shape index (κ3) is 2.98. The van der Waals surface area contributed by atoms with Crippen LogP contribution >= 0.6 is 0 Å². The van der Waals surface area contributed by atoms with Gasteiger partial charge < -0.3 is 9.47 Å². The number of ketones is 1. The van der Waals surface area contributed by atoms with Crippen molar-refractivity contribution in [2.75, 3.05) is 0 Å². The summed E-state index contributed by atoms with van der Waals surface area (Å²) in [6.07, 6.45) is 9.81. The second-order valence-corrected chi connectivity index (χ2v) is 10.7. The molecule has 4 aliphatic rings. The molecule has 3 saturated carbocycles. The van der Waals surface area contributed by atoms with E-state index in [-0.39, 0.29) is 34.7 Å². The zero-order valence-electron chi connectivity index (χ0n) is 19.1. The lowest BCUT2D eigenvalue weighted by atomic mass is 9.46. The van der Waals surface area contributed by atoms with Crippen LogP contribution in [0.2, 0.25) is 0 Å². The van der Waals surface area contributed by atoms with Crippen LogP contribution in [0.25, 0.3) is 0 Å². The molecule has 0 heterocycles. The summed E-state index contributed by atoms with van der Waals surface area (Å²) in [5.41, 5.74) is 0.346. The van der Waals surface area contributed by atoms with Crippen LogP contribution in [0, 0.1) is 28.6 Å². The molecule has 4 rings (SSSR count). The van der Waals surface area contributed by atoms with E-state index in [1.165, 1.54) is 19.4 Å². The summed E-state index contributed by atoms with van der Waals surface area (Å²) >= 11 is 0. The van der Waals surface area contributed by atoms with Gasteiger partial charge in [0, 0.05) is 25.7 Å². The molecular formula is C25H36O5.